The minimum absolute atomic E-state index is 0.114. The van der Waals surface area contributed by atoms with Gasteiger partial charge in [0.05, 0.1) is 0 Å². The lowest BCUT2D eigenvalue weighted by molar-refractivity contribution is 0.0728. The maximum absolute atomic E-state index is 14.3. The lowest BCUT2D eigenvalue weighted by Crippen LogP contribution is -2.49. The molecule has 0 bridgehead atoms. The van der Waals surface area contributed by atoms with Crippen LogP contribution in [0.15, 0.2) is 72.8 Å². The van der Waals surface area contributed by atoms with Gasteiger partial charge in [-0.15, -0.1) is 0 Å². The summed E-state index contributed by atoms with van der Waals surface area (Å²) in [6, 6.07) is 17.3. The molecule has 2 amide bonds. The monoisotopic (exact) mass is 774 g/mol. The van der Waals surface area contributed by atoms with Crippen LogP contribution in [0.1, 0.15) is 81.5 Å². The number of nitrogens with one attached hydrogen (secondary N) is 2. The normalized spacial score (nSPS) is 17.8. The first-order valence-electron chi connectivity index (χ1n) is 18.8. The van der Waals surface area contributed by atoms with Crippen LogP contribution in [0.25, 0.3) is 0 Å². The molecule has 56 heavy (non-hydrogen) atoms. The van der Waals surface area contributed by atoms with Crippen LogP contribution in [0.3, 0.4) is 0 Å². The third kappa shape index (κ3) is 9.57. The summed E-state index contributed by atoms with van der Waals surface area (Å²) >= 11 is 0. The number of hydrogen-bond acceptors (Lipinski definition) is 7. The first-order chi connectivity index (χ1) is 26.8. The van der Waals surface area contributed by atoms with Gasteiger partial charge >= 0.3 is 6.03 Å². The summed E-state index contributed by atoms with van der Waals surface area (Å²) in [5.74, 6) is -2.52. The van der Waals surface area contributed by atoms with E-state index in [1.807, 2.05) is 0 Å². The predicted molar refractivity (Wildman–Crippen MR) is 202 cm³/mol. The van der Waals surface area contributed by atoms with Crippen LogP contribution in [0.2, 0.25) is 0 Å². The fourth-order valence-corrected chi connectivity index (χ4v) is 8.19. The molecule has 13 heteroatoms. The van der Waals surface area contributed by atoms with Gasteiger partial charge in [0.15, 0.2) is 11.6 Å². The van der Waals surface area contributed by atoms with Gasteiger partial charge in [0.2, 0.25) is 0 Å². The van der Waals surface area contributed by atoms with Crippen molar-refractivity contribution >= 4 is 17.6 Å². The molecular formula is C43H46F4N4O5. The van der Waals surface area contributed by atoms with Gasteiger partial charge < -0.3 is 31.5 Å². The van der Waals surface area contributed by atoms with Crippen molar-refractivity contribution in [3.05, 3.63) is 129 Å². The van der Waals surface area contributed by atoms with Gasteiger partial charge in [-0.1, -0.05) is 24.3 Å². The number of likely N-dealkylation sites (tertiary alicyclic amines) is 1. The van der Waals surface area contributed by atoms with Gasteiger partial charge in [0.25, 0.3) is 0 Å². The van der Waals surface area contributed by atoms with Crippen LogP contribution >= 0.6 is 0 Å². The summed E-state index contributed by atoms with van der Waals surface area (Å²) in [7, 11) is 0. The van der Waals surface area contributed by atoms with Crippen molar-refractivity contribution in [1.82, 2.24) is 15.5 Å². The van der Waals surface area contributed by atoms with Crippen LogP contribution in [0.5, 0.6) is 11.5 Å². The molecule has 4 aromatic rings. The Hall–Kier alpha value is -5.27. The number of carbonyl (C=O) groups excluding carboxylic acids is 3. The number of hydrogen-bond donors (Lipinski definition) is 5. The number of phenols is 2. The number of urea groups is 1. The fourth-order valence-electron chi connectivity index (χ4n) is 8.19. The zero-order chi connectivity index (χ0) is 40.0. The zero-order valence-corrected chi connectivity index (χ0v) is 31.0. The highest BCUT2D eigenvalue weighted by molar-refractivity contribution is 5.99. The number of piperidine rings is 2. The minimum Gasteiger partial charge on any atom is -0.508 e. The van der Waals surface area contributed by atoms with Gasteiger partial charge in [-0.05, 0) is 121 Å². The Kier molecular flexibility index (Phi) is 12.4. The van der Waals surface area contributed by atoms with Crippen molar-refractivity contribution < 1.29 is 42.2 Å². The number of phenolic OH excluding ortho intramolecular Hbond substituents is 2. The van der Waals surface area contributed by atoms with E-state index in [9.17, 15) is 37.1 Å². The summed E-state index contributed by atoms with van der Waals surface area (Å²) in [6.45, 7) is 3.57. The first kappa shape index (κ1) is 40.4. The van der Waals surface area contributed by atoms with Crippen molar-refractivity contribution in [3.63, 3.8) is 0 Å². The Morgan fingerprint density at radius 2 is 1.12 bits per heavy atom. The quantitative estimate of drug-likeness (QED) is 0.140. The average molecular weight is 775 g/mol. The Morgan fingerprint density at radius 3 is 1.59 bits per heavy atom. The van der Waals surface area contributed by atoms with E-state index in [0.717, 1.165) is 55.3 Å². The molecule has 0 radical (unpaired) electrons. The summed E-state index contributed by atoms with van der Waals surface area (Å²) in [4.78, 5) is 38.8. The lowest BCUT2D eigenvalue weighted by Gasteiger charge is -2.44. The largest absolute Gasteiger partial charge is 0.508 e. The number of aromatic hydroxyl groups is 2. The summed E-state index contributed by atoms with van der Waals surface area (Å²) in [5.41, 5.74) is 7.85. The number of nitrogens with two attached hydrogens (primary N) is 1. The van der Waals surface area contributed by atoms with Gasteiger partial charge in [0, 0.05) is 62.3 Å². The highest BCUT2D eigenvalue weighted by Gasteiger charge is 2.43. The van der Waals surface area contributed by atoms with Crippen LogP contribution in [0, 0.1) is 34.1 Å². The molecule has 2 fully saturated rings. The molecule has 4 aromatic carbocycles. The molecule has 0 atom stereocenters. The molecule has 296 valence electrons. The fraction of sp³-hybridized carbons (Fsp3) is 0.372. The highest BCUT2D eigenvalue weighted by atomic mass is 19.1. The predicted octanol–water partition coefficient (Wildman–Crippen LogP) is 7.11. The standard InChI is InChI=1S/C22H22F2N2O3.C14H15F2NO.C7H9NO/c23-15-9-17-18(19(24)10-15)11-22(12-20(17)28)5-7-26(8-6-22)21(29)25-13-14-1-3-16(27)4-2-14;15-9-5-10-11(12(16)6-9)7-14(8-13(10)18)1-3-17-4-2-14;8-5-6-1-3-7(9)4-2-6/h1-4,9-10,27H,5-8,11-13H2,(H,25,29);5-6,17H,1-4,7-8H2;1-4,9H,5,8H2. The molecule has 6 N–H and O–H groups in total. The molecule has 2 aliphatic carbocycles. The molecule has 8 rings (SSSR count). The first-order valence-corrected chi connectivity index (χ1v) is 18.8. The van der Waals surface area contributed by atoms with E-state index >= 15 is 0 Å². The number of Topliss-reactive ketones (excluding diaryl/α,β-unsaturated/α-hetero) is 2. The summed E-state index contributed by atoms with van der Waals surface area (Å²) in [6.07, 6.45) is 4.59. The van der Waals surface area contributed by atoms with E-state index in [2.05, 4.69) is 10.6 Å². The Morgan fingerprint density at radius 1 is 0.679 bits per heavy atom. The van der Waals surface area contributed by atoms with Gasteiger partial charge in [-0.25, -0.2) is 22.4 Å². The number of benzene rings is 4. The van der Waals surface area contributed by atoms with Gasteiger partial charge in [-0.2, -0.15) is 0 Å². The maximum atomic E-state index is 14.3. The van der Waals surface area contributed by atoms with Crippen LogP contribution in [-0.4, -0.2) is 58.9 Å². The number of amides is 2. The molecule has 9 nitrogen and oxygen atoms in total. The molecular weight excluding hydrogens is 728 g/mol. The second-order valence-corrected chi connectivity index (χ2v) is 15.3. The summed E-state index contributed by atoms with van der Waals surface area (Å²) < 4.78 is 54.7. The van der Waals surface area contributed by atoms with Crippen molar-refractivity contribution in [2.45, 2.75) is 64.5 Å². The molecule has 4 aliphatic rings. The molecule has 2 spiro atoms. The van der Waals surface area contributed by atoms with Gasteiger partial charge in [0.1, 0.15) is 34.8 Å². The molecule has 2 saturated heterocycles. The summed E-state index contributed by atoms with van der Waals surface area (Å²) in [5, 5.41) is 24.2. The van der Waals surface area contributed by atoms with E-state index < -0.39 is 23.3 Å². The van der Waals surface area contributed by atoms with E-state index in [1.54, 1.807) is 53.4 Å². The number of halogens is 4. The SMILES string of the molecule is NCc1ccc(O)cc1.O=C1CC2(CCN(C(=O)NCc3ccc(O)cc3)CC2)Cc2c(F)cc(F)cc21.O=C1CC2(CCNCC2)Cc2c(F)cc(F)cc21. The van der Waals surface area contributed by atoms with Crippen molar-refractivity contribution in [2.24, 2.45) is 16.6 Å². The van der Waals surface area contributed by atoms with E-state index in [0.29, 0.717) is 69.4 Å². The molecule has 0 aromatic heterocycles. The Bertz CT molecular complexity index is 2060. The number of fused-ring (bicyclic) bond motifs is 2. The molecule has 2 heterocycles. The maximum Gasteiger partial charge on any atom is 0.317 e. The number of carbonyl (C=O) groups is 3. The van der Waals surface area contributed by atoms with E-state index in [1.165, 1.54) is 6.07 Å². The third-order valence-electron chi connectivity index (χ3n) is 11.4. The van der Waals surface area contributed by atoms with Crippen molar-refractivity contribution in [2.75, 3.05) is 26.2 Å². The van der Waals surface area contributed by atoms with Crippen molar-refractivity contribution in [3.8, 4) is 11.5 Å². The molecule has 0 unspecified atom stereocenters. The van der Waals surface area contributed by atoms with Crippen LogP contribution in [-0.2, 0) is 25.9 Å². The van der Waals surface area contributed by atoms with E-state index in [4.69, 9.17) is 10.8 Å². The lowest BCUT2D eigenvalue weighted by atomic mass is 9.66. The second-order valence-electron chi connectivity index (χ2n) is 15.3. The minimum atomic E-state index is -0.731. The van der Waals surface area contributed by atoms with Gasteiger partial charge in [-0.3, -0.25) is 9.59 Å². The highest BCUT2D eigenvalue weighted by Crippen LogP contribution is 2.45. The van der Waals surface area contributed by atoms with Crippen molar-refractivity contribution in [1.29, 1.82) is 0 Å². The molecule has 2 aliphatic heterocycles. The molecule has 0 saturated carbocycles. The number of rotatable bonds is 3. The Labute approximate surface area is 322 Å². The average Bonchev–Trinajstić information content (AvgIpc) is 3.17. The number of nitrogens with zero attached hydrogens (tertiary/aromatic N) is 1. The number of ketones is 2. The third-order valence-corrected chi connectivity index (χ3v) is 11.4. The van der Waals surface area contributed by atoms with Crippen LogP contribution < -0.4 is 16.4 Å². The zero-order valence-electron chi connectivity index (χ0n) is 31.0. The smallest absolute Gasteiger partial charge is 0.317 e. The van der Waals surface area contributed by atoms with E-state index in [-0.39, 0.29) is 57.5 Å². The Balaban J connectivity index is 0.000000166. The van der Waals surface area contributed by atoms with Crippen LogP contribution in [0.4, 0.5) is 22.4 Å². The topological polar surface area (TPSA) is 145 Å². The second kappa shape index (κ2) is 17.3.